The zero-order valence-electron chi connectivity index (χ0n) is 8.54. The Labute approximate surface area is 78.9 Å². The van der Waals surface area contributed by atoms with Crippen molar-refractivity contribution in [3.63, 3.8) is 0 Å². The predicted molar refractivity (Wildman–Crippen MR) is 52.4 cm³/mol. The maximum atomic E-state index is 6.15. The van der Waals surface area contributed by atoms with E-state index in [4.69, 9.17) is 5.73 Å². The van der Waals surface area contributed by atoms with Crippen LogP contribution in [0.25, 0.3) is 0 Å². The third-order valence-electron chi connectivity index (χ3n) is 3.24. The van der Waals surface area contributed by atoms with E-state index < -0.39 is 0 Å². The van der Waals surface area contributed by atoms with E-state index in [2.05, 4.69) is 18.9 Å². The van der Waals surface area contributed by atoms with E-state index in [0.29, 0.717) is 5.92 Å². The van der Waals surface area contributed by atoms with Gasteiger partial charge < -0.3 is 5.73 Å². The lowest BCUT2D eigenvalue weighted by atomic mass is 9.84. The van der Waals surface area contributed by atoms with Crippen molar-refractivity contribution >= 4 is 0 Å². The minimum Gasteiger partial charge on any atom is -0.324 e. The number of fused-ring (bicyclic) bond motifs is 1. The summed E-state index contributed by atoms with van der Waals surface area (Å²) in [5.41, 5.74) is 9.89. The minimum absolute atomic E-state index is 0.192. The number of aromatic nitrogens is 2. The molecule has 0 aliphatic heterocycles. The van der Waals surface area contributed by atoms with Gasteiger partial charge in [-0.2, -0.15) is 5.10 Å². The molecule has 3 nitrogen and oxygen atoms in total. The fraction of sp³-hybridized carbons (Fsp3) is 0.700. The van der Waals surface area contributed by atoms with Gasteiger partial charge in [-0.25, -0.2) is 0 Å². The van der Waals surface area contributed by atoms with Crippen LogP contribution in [0.2, 0.25) is 0 Å². The SMILES string of the molecule is Cc1c2c(nn1C)CCC(C)C2N. The summed E-state index contributed by atoms with van der Waals surface area (Å²) in [4.78, 5) is 0. The molecule has 2 N–H and O–H groups in total. The molecular formula is C10H17N3. The second-order valence-electron chi connectivity index (χ2n) is 4.11. The van der Waals surface area contributed by atoms with Crippen molar-refractivity contribution in [1.29, 1.82) is 0 Å². The zero-order chi connectivity index (χ0) is 9.59. The number of nitrogens with two attached hydrogens (primary N) is 1. The van der Waals surface area contributed by atoms with Crippen molar-refractivity contribution in [2.45, 2.75) is 32.7 Å². The van der Waals surface area contributed by atoms with Gasteiger partial charge in [0.15, 0.2) is 0 Å². The van der Waals surface area contributed by atoms with Gasteiger partial charge in [0.2, 0.25) is 0 Å². The molecule has 72 valence electrons. The molecule has 0 saturated heterocycles. The van der Waals surface area contributed by atoms with E-state index in [1.165, 1.54) is 23.4 Å². The molecule has 0 aromatic carbocycles. The van der Waals surface area contributed by atoms with Crippen LogP contribution in [0.5, 0.6) is 0 Å². The normalized spacial score (nSPS) is 27.4. The molecule has 2 atom stereocenters. The number of aryl methyl sites for hydroxylation is 2. The van der Waals surface area contributed by atoms with Crippen LogP contribution in [0.15, 0.2) is 0 Å². The first-order valence-electron chi connectivity index (χ1n) is 4.89. The molecular weight excluding hydrogens is 162 g/mol. The second kappa shape index (κ2) is 2.84. The summed E-state index contributed by atoms with van der Waals surface area (Å²) < 4.78 is 1.95. The number of hydrogen-bond donors (Lipinski definition) is 1. The van der Waals surface area contributed by atoms with Gasteiger partial charge in [0, 0.05) is 24.3 Å². The van der Waals surface area contributed by atoms with Crippen molar-refractivity contribution in [3.05, 3.63) is 17.0 Å². The topological polar surface area (TPSA) is 43.8 Å². The Hall–Kier alpha value is -0.830. The quantitative estimate of drug-likeness (QED) is 0.652. The lowest BCUT2D eigenvalue weighted by Gasteiger charge is -2.25. The van der Waals surface area contributed by atoms with Crippen LogP contribution in [-0.2, 0) is 13.5 Å². The average Bonchev–Trinajstić information content (AvgIpc) is 2.37. The predicted octanol–water partition coefficient (Wildman–Crippen LogP) is 1.31. The molecule has 1 heterocycles. The summed E-state index contributed by atoms with van der Waals surface area (Å²) in [6.07, 6.45) is 2.26. The third kappa shape index (κ3) is 1.18. The number of hydrogen-bond acceptors (Lipinski definition) is 2. The van der Waals surface area contributed by atoms with E-state index in [0.717, 1.165) is 6.42 Å². The van der Waals surface area contributed by atoms with E-state index in [1.807, 2.05) is 11.7 Å². The van der Waals surface area contributed by atoms with E-state index in [1.54, 1.807) is 0 Å². The summed E-state index contributed by atoms with van der Waals surface area (Å²) in [5.74, 6) is 0.593. The van der Waals surface area contributed by atoms with E-state index in [-0.39, 0.29) is 6.04 Å². The highest BCUT2D eigenvalue weighted by Gasteiger charge is 2.27. The Morgan fingerprint density at radius 1 is 1.54 bits per heavy atom. The molecule has 0 radical (unpaired) electrons. The minimum atomic E-state index is 0.192. The van der Waals surface area contributed by atoms with Crippen LogP contribution in [-0.4, -0.2) is 9.78 Å². The van der Waals surface area contributed by atoms with Crippen LogP contribution >= 0.6 is 0 Å². The van der Waals surface area contributed by atoms with Crippen LogP contribution in [0, 0.1) is 12.8 Å². The highest BCUT2D eigenvalue weighted by molar-refractivity contribution is 5.31. The molecule has 13 heavy (non-hydrogen) atoms. The standard InChI is InChI=1S/C10H17N3/c1-6-4-5-8-9(10(6)11)7(2)13(3)12-8/h6,10H,4-5,11H2,1-3H3. The van der Waals surface area contributed by atoms with Gasteiger partial charge >= 0.3 is 0 Å². The number of rotatable bonds is 0. The van der Waals surface area contributed by atoms with Gasteiger partial charge in [0.1, 0.15) is 0 Å². The van der Waals surface area contributed by atoms with Crippen LogP contribution in [0.1, 0.15) is 36.3 Å². The van der Waals surface area contributed by atoms with Gasteiger partial charge in [-0.15, -0.1) is 0 Å². The molecule has 0 bridgehead atoms. The summed E-state index contributed by atoms with van der Waals surface area (Å²) in [7, 11) is 1.99. The fourth-order valence-corrected chi connectivity index (χ4v) is 2.14. The molecule has 1 aliphatic rings. The summed E-state index contributed by atoms with van der Waals surface area (Å²) >= 11 is 0. The lowest BCUT2D eigenvalue weighted by Crippen LogP contribution is -2.25. The maximum absolute atomic E-state index is 6.15. The first-order valence-corrected chi connectivity index (χ1v) is 4.89. The van der Waals surface area contributed by atoms with E-state index >= 15 is 0 Å². The second-order valence-corrected chi connectivity index (χ2v) is 4.11. The first kappa shape index (κ1) is 8.75. The van der Waals surface area contributed by atoms with E-state index in [9.17, 15) is 0 Å². The molecule has 1 aliphatic carbocycles. The third-order valence-corrected chi connectivity index (χ3v) is 3.24. The summed E-state index contributed by atoms with van der Waals surface area (Å²) in [5, 5.41) is 4.47. The first-order chi connectivity index (χ1) is 6.11. The van der Waals surface area contributed by atoms with Crippen molar-refractivity contribution < 1.29 is 0 Å². The summed E-state index contributed by atoms with van der Waals surface area (Å²) in [6, 6.07) is 0.192. The van der Waals surface area contributed by atoms with Crippen molar-refractivity contribution in [2.24, 2.45) is 18.7 Å². The largest absolute Gasteiger partial charge is 0.324 e. The maximum Gasteiger partial charge on any atom is 0.0675 e. The Morgan fingerprint density at radius 3 is 2.92 bits per heavy atom. The van der Waals surface area contributed by atoms with Gasteiger partial charge in [-0.3, -0.25) is 4.68 Å². The Balaban J connectivity index is 2.51. The van der Waals surface area contributed by atoms with Crippen LogP contribution < -0.4 is 5.73 Å². The van der Waals surface area contributed by atoms with Crippen LogP contribution in [0.4, 0.5) is 0 Å². The lowest BCUT2D eigenvalue weighted by molar-refractivity contribution is 0.409. The van der Waals surface area contributed by atoms with Crippen molar-refractivity contribution in [2.75, 3.05) is 0 Å². The molecule has 0 fully saturated rings. The number of nitrogens with zero attached hydrogens (tertiary/aromatic N) is 2. The Kier molecular flexibility index (Phi) is 1.91. The molecule has 3 heteroatoms. The molecule has 1 aromatic heterocycles. The molecule has 0 spiro atoms. The zero-order valence-corrected chi connectivity index (χ0v) is 8.54. The highest BCUT2D eigenvalue weighted by Crippen LogP contribution is 2.33. The van der Waals surface area contributed by atoms with Crippen molar-refractivity contribution in [3.8, 4) is 0 Å². The molecule has 0 amide bonds. The molecule has 1 aromatic rings. The van der Waals surface area contributed by atoms with Crippen LogP contribution in [0.3, 0.4) is 0 Å². The fourth-order valence-electron chi connectivity index (χ4n) is 2.14. The molecule has 2 rings (SSSR count). The van der Waals surface area contributed by atoms with Crippen molar-refractivity contribution in [1.82, 2.24) is 9.78 Å². The van der Waals surface area contributed by atoms with Gasteiger partial charge in [0.05, 0.1) is 5.69 Å². The monoisotopic (exact) mass is 179 g/mol. The average molecular weight is 179 g/mol. The summed E-state index contributed by atoms with van der Waals surface area (Å²) in [6.45, 7) is 4.32. The Bertz CT molecular complexity index is 327. The molecule has 2 unspecified atom stereocenters. The highest BCUT2D eigenvalue weighted by atomic mass is 15.3. The molecule has 0 saturated carbocycles. The van der Waals surface area contributed by atoms with Gasteiger partial charge in [0.25, 0.3) is 0 Å². The Morgan fingerprint density at radius 2 is 2.23 bits per heavy atom. The van der Waals surface area contributed by atoms with Gasteiger partial charge in [-0.05, 0) is 25.7 Å². The smallest absolute Gasteiger partial charge is 0.0675 e. The van der Waals surface area contributed by atoms with Gasteiger partial charge in [-0.1, -0.05) is 6.92 Å².